The van der Waals surface area contributed by atoms with Gasteiger partial charge in [-0.1, -0.05) is 0 Å². The largest absolute Gasteiger partial charge is 0.369 e. The molecule has 0 aliphatic heterocycles. The van der Waals surface area contributed by atoms with Crippen molar-refractivity contribution in [3.05, 3.63) is 16.3 Å². The van der Waals surface area contributed by atoms with Crippen molar-refractivity contribution < 1.29 is 8.42 Å². The van der Waals surface area contributed by atoms with Crippen LogP contribution in [-0.4, -0.2) is 37.7 Å². The van der Waals surface area contributed by atoms with Gasteiger partial charge < -0.3 is 5.32 Å². The van der Waals surface area contributed by atoms with Gasteiger partial charge in [0.25, 0.3) is 0 Å². The first-order chi connectivity index (χ1) is 10.4. The summed E-state index contributed by atoms with van der Waals surface area (Å²) in [6.45, 7) is 3.01. The first kappa shape index (κ1) is 15.6. The van der Waals surface area contributed by atoms with Crippen molar-refractivity contribution in [3.63, 3.8) is 0 Å². The van der Waals surface area contributed by atoms with Gasteiger partial charge in [0.1, 0.15) is 16.5 Å². The molecule has 3 rings (SSSR count). The number of hydrogen-bond acceptors (Lipinski definition) is 6. The van der Waals surface area contributed by atoms with Crippen LogP contribution in [0.25, 0.3) is 10.2 Å². The Labute approximate surface area is 134 Å². The summed E-state index contributed by atoms with van der Waals surface area (Å²) in [6, 6.07) is 0. The summed E-state index contributed by atoms with van der Waals surface area (Å²) >= 11 is 1.78. The number of anilines is 1. The van der Waals surface area contributed by atoms with Crippen molar-refractivity contribution in [1.29, 1.82) is 0 Å². The van der Waals surface area contributed by atoms with Gasteiger partial charge in [-0.05, 0) is 38.2 Å². The monoisotopic (exact) mass is 340 g/mol. The molecule has 0 saturated carbocycles. The first-order valence-corrected chi connectivity index (χ1v) is 10.1. The van der Waals surface area contributed by atoms with Crippen LogP contribution in [0.5, 0.6) is 0 Å². The third-order valence-electron chi connectivity index (χ3n) is 3.69. The fraction of sp³-hybridized carbons (Fsp3) is 0.571. The second-order valence-corrected chi connectivity index (χ2v) is 8.52. The Morgan fingerprint density at radius 3 is 2.82 bits per heavy atom. The average Bonchev–Trinajstić information content (AvgIpc) is 2.96. The number of nitrogens with zero attached hydrogens (tertiary/aromatic N) is 2. The molecule has 0 radical (unpaired) electrons. The zero-order valence-electron chi connectivity index (χ0n) is 12.8. The van der Waals surface area contributed by atoms with Crippen molar-refractivity contribution in [2.24, 2.45) is 0 Å². The van der Waals surface area contributed by atoms with E-state index in [9.17, 15) is 8.42 Å². The van der Waals surface area contributed by atoms with Gasteiger partial charge in [-0.3, -0.25) is 0 Å². The summed E-state index contributed by atoms with van der Waals surface area (Å²) in [6.07, 6.45) is 5.35. The van der Waals surface area contributed by atoms with Gasteiger partial charge in [-0.15, -0.1) is 11.3 Å². The third kappa shape index (κ3) is 3.39. The first-order valence-electron chi connectivity index (χ1n) is 7.41. The molecule has 0 fully saturated rings. The third-order valence-corrected chi connectivity index (χ3v) is 5.60. The van der Waals surface area contributed by atoms with E-state index in [4.69, 9.17) is 0 Å². The van der Waals surface area contributed by atoms with Crippen molar-refractivity contribution in [1.82, 2.24) is 14.7 Å². The van der Waals surface area contributed by atoms with E-state index in [1.54, 1.807) is 11.3 Å². The predicted molar refractivity (Wildman–Crippen MR) is 90.1 cm³/mol. The maximum atomic E-state index is 11.0. The van der Waals surface area contributed by atoms with E-state index in [0.29, 0.717) is 19.5 Å². The van der Waals surface area contributed by atoms with Crippen LogP contribution in [0.1, 0.15) is 29.1 Å². The molecule has 8 heteroatoms. The van der Waals surface area contributed by atoms with Crippen LogP contribution in [0, 0.1) is 6.92 Å². The maximum Gasteiger partial charge on any atom is 0.208 e. The van der Waals surface area contributed by atoms with Crippen LogP contribution in [0.15, 0.2) is 0 Å². The zero-order valence-corrected chi connectivity index (χ0v) is 14.4. The van der Waals surface area contributed by atoms with E-state index in [-0.39, 0.29) is 0 Å². The number of nitrogens with one attached hydrogen (secondary N) is 2. The highest BCUT2D eigenvalue weighted by Gasteiger charge is 2.21. The van der Waals surface area contributed by atoms with Crippen LogP contribution in [-0.2, 0) is 22.9 Å². The van der Waals surface area contributed by atoms with E-state index < -0.39 is 10.0 Å². The molecule has 2 N–H and O–H groups in total. The lowest BCUT2D eigenvalue weighted by molar-refractivity contribution is 0.586. The summed E-state index contributed by atoms with van der Waals surface area (Å²) < 4.78 is 24.5. The smallest absolute Gasteiger partial charge is 0.208 e. The highest BCUT2D eigenvalue weighted by atomic mass is 32.2. The Morgan fingerprint density at radius 2 is 2.05 bits per heavy atom. The molecule has 6 nitrogen and oxygen atoms in total. The minimum atomic E-state index is -3.11. The molecule has 0 saturated heterocycles. The summed E-state index contributed by atoms with van der Waals surface area (Å²) in [7, 11) is -3.11. The van der Waals surface area contributed by atoms with Crippen molar-refractivity contribution in [2.45, 2.75) is 32.6 Å². The maximum absolute atomic E-state index is 11.0. The number of fused-ring (bicyclic) bond motifs is 3. The fourth-order valence-electron chi connectivity index (χ4n) is 2.78. The SMILES string of the molecule is Cc1nc(NCCCNS(C)(=O)=O)c2c3c(sc2n1)CCC3. The zero-order chi connectivity index (χ0) is 15.7. The summed E-state index contributed by atoms with van der Waals surface area (Å²) in [5.74, 6) is 1.66. The van der Waals surface area contributed by atoms with Gasteiger partial charge in [0.05, 0.1) is 11.6 Å². The Balaban J connectivity index is 1.73. The number of aryl methyl sites for hydroxylation is 3. The molecular formula is C14H20N4O2S2. The van der Waals surface area contributed by atoms with Gasteiger partial charge in [0.15, 0.2) is 0 Å². The number of aromatic nitrogens is 2. The second-order valence-electron chi connectivity index (χ2n) is 5.60. The van der Waals surface area contributed by atoms with E-state index in [1.807, 2.05) is 6.92 Å². The lowest BCUT2D eigenvalue weighted by Gasteiger charge is -2.09. The predicted octanol–water partition coefficient (Wildman–Crippen LogP) is 1.84. The summed E-state index contributed by atoms with van der Waals surface area (Å²) in [4.78, 5) is 11.6. The molecule has 0 unspecified atom stereocenters. The molecule has 0 aromatic carbocycles. The molecule has 22 heavy (non-hydrogen) atoms. The fourth-order valence-corrected chi connectivity index (χ4v) is 4.61. The molecule has 0 bridgehead atoms. The van der Waals surface area contributed by atoms with Gasteiger partial charge in [-0.25, -0.2) is 23.1 Å². The summed E-state index contributed by atoms with van der Waals surface area (Å²) in [5.41, 5.74) is 1.40. The number of sulfonamides is 1. The Hall–Kier alpha value is -1.25. The lowest BCUT2D eigenvalue weighted by atomic mass is 10.2. The van der Waals surface area contributed by atoms with E-state index in [2.05, 4.69) is 20.0 Å². The van der Waals surface area contributed by atoms with E-state index >= 15 is 0 Å². The highest BCUT2D eigenvalue weighted by molar-refractivity contribution is 7.88. The lowest BCUT2D eigenvalue weighted by Crippen LogP contribution is -2.24. The topological polar surface area (TPSA) is 84.0 Å². The minimum Gasteiger partial charge on any atom is -0.369 e. The minimum absolute atomic E-state index is 0.431. The molecule has 0 amide bonds. The van der Waals surface area contributed by atoms with Crippen LogP contribution < -0.4 is 10.0 Å². The molecular weight excluding hydrogens is 320 g/mol. The Bertz CT molecular complexity index is 799. The molecule has 1 aliphatic rings. The molecule has 1 aliphatic carbocycles. The Kier molecular flexibility index (Phi) is 4.33. The van der Waals surface area contributed by atoms with Crippen LogP contribution in [0.2, 0.25) is 0 Å². The summed E-state index contributed by atoms with van der Waals surface area (Å²) in [5, 5.41) is 4.52. The molecule has 0 spiro atoms. The van der Waals surface area contributed by atoms with Gasteiger partial charge in [0, 0.05) is 18.0 Å². The Morgan fingerprint density at radius 1 is 1.23 bits per heavy atom. The van der Waals surface area contributed by atoms with Gasteiger partial charge >= 0.3 is 0 Å². The molecule has 0 atom stereocenters. The van der Waals surface area contributed by atoms with E-state index in [1.165, 1.54) is 28.5 Å². The van der Waals surface area contributed by atoms with Gasteiger partial charge in [-0.2, -0.15) is 0 Å². The quantitative estimate of drug-likeness (QED) is 0.784. The molecule has 2 heterocycles. The highest BCUT2D eigenvalue weighted by Crippen LogP contribution is 2.39. The van der Waals surface area contributed by atoms with E-state index in [0.717, 1.165) is 29.3 Å². The normalized spacial score (nSPS) is 14.5. The number of rotatable bonds is 6. The number of thiophene rings is 1. The van der Waals surface area contributed by atoms with Crippen molar-refractivity contribution >= 4 is 37.4 Å². The van der Waals surface area contributed by atoms with Crippen molar-refractivity contribution in [2.75, 3.05) is 24.7 Å². The van der Waals surface area contributed by atoms with Crippen molar-refractivity contribution in [3.8, 4) is 0 Å². The second kappa shape index (κ2) is 6.10. The standard InChI is InChI=1S/C14H20N4O2S2/c1-9-17-13(15-7-4-8-16-22(2,19)20)12-10-5-3-6-11(10)21-14(12)18-9/h16H,3-8H2,1-2H3,(H,15,17,18). The molecule has 2 aromatic heterocycles. The van der Waals surface area contributed by atoms with Crippen LogP contribution in [0.4, 0.5) is 5.82 Å². The van der Waals surface area contributed by atoms with Crippen LogP contribution in [0.3, 0.4) is 0 Å². The van der Waals surface area contributed by atoms with Gasteiger partial charge in [0.2, 0.25) is 10.0 Å². The average molecular weight is 340 g/mol. The molecule has 120 valence electrons. The van der Waals surface area contributed by atoms with Crippen LogP contribution >= 0.6 is 11.3 Å². The number of hydrogen-bond donors (Lipinski definition) is 2. The molecule has 2 aromatic rings.